The summed E-state index contributed by atoms with van der Waals surface area (Å²) in [5.74, 6) is -0.236. The van der Waals surface area contributed by atoms with Gasteiger partial charge in [0.2, 0.25) is 0 Å². The van der Waals surface area contributed by atoms with Gasteiger partial charge in [-0.25, -0.2) is 0 Å². The molecule has 0 aliphatic rings. The summed E-state index contributed by atoms with van der Waals surface area (Å²) in [5, 5.41) is 3.37. The van der Waals surface area contributed by atoms with E-state index in [0.29, 0.717) is 17.8 Å². The van der Waals surface area contributed by atoms with Crippen molar-refractivity contribution in [1.82, 2.24) is 5.32 Å². The molecule has 0 atom stereocenters. The minimum atomic E-state index is -0.236. The summed E-state index contributed by atoms with van der Waals surface area (Å²) in [6.07, 6.45) is 0.995. The number of nitrogens with two attached hydrogens (primary N) is 1. The maximum absolute atomic E-state index is 12.1. The van der Waals surface area contributed by atoms with E-state index in [2.05, 4.69) is 24.4 Å². The first-order valence-electron chi connectivity index (χ1n) is 6.61. The summed E-state index contributed by atoms with van der Waals surface area (Å²) in [6, 6.07) is 11.1. The molecule has 2 aromatic rings. The fraction of sp³-hybridized carbons (Fsp3) is 0.188. The van der Waals surface area contributed by atoms with Crippen LogP contribution in [0.15, 0.2) is 36.4 Å². The number of carbonyl (C=O) groups excluding carboxylic acids is 1. The van der Waals surface area contributed by atoms with Crippen molar-refractivity contribution in [3.63, 3.8) is 0 Å². The minimum Gasteiger partial charge on any atom is -0.397 e. The highest BCUT2D eigenvalue weighted by molar-refractivity contribution is 6.43. The topological polar surface area (TPSA) is 55.1 Å². The Hall–Kier alpha value is -1.71. The molecule has 0 heterocycles. The molecule has 0 saturated heterocycles. The third-order valence-corrected chi connectivity index (χ3v) is 4.02. The van der Waals surface area contributed by atoms with Crippen molar-refractivity contribution >= 4 is 34.8 Å². The number of aryl methyl sites for hydroxylation is 1. The van der Waals surface area contributed by atoms with Crippen LogP contribution in [-0.2, 0) is 13.0 Å². The van der Waals surface area contributed by atoms with Crippen molar-refractivity contribution in [2.75, 3.05) is 5.73 Å². The first-order valence-corrected chi connectivity index (χ1v) is 7.37. The van der Waals surface area contributed by atoms with Crippen molar-refractivity contribution in [3.05, 3.63) is 63.1 Å². The van der Waals surface area contributed by atoms with Crippen molar-refractivity contribution in [3.8, 4) is 0 Å². The summed E-state index contributed by atoms with van der Waals surface area (Å²) in [5.41, 5.74) is 8.69. The lowest BCUT2D eigenvalue weighted by molar-refractivity contribution is 0.0951. The smallest absolute Gasteiger partial charge is 0.251 e. The Labute approximate surface area is 134 Å². The van der Waals surface area contributed by atoms with Gasteiger partial charge >= 0.3 is 0 Å². The van der Waals surface area contributed by atoms with E-state index < -0.39 is 0 Å². The van der Waals surface area contributed by atoms with Gasteiger partial charge in [-0.1, -0.05) is 54.4 Å². The van der Waals surface area contributed by atoms with Crippen LogP contribution >= 0.6 is 23.2 Å². The molecule has 0 bridgehead atoms. The fourth-order valence-electron chi connectivity index (χ4n) is 1.92. The molecular formula is C16H16Cl2N2O. The molecule has 5 heteroatoms. The molecule has 0 aliphatic heterocycles. The van der Waals surface area contributed by atoms with Gasteiger partial charge in [-0.3, -0.25) is 4.79 Å². The minimum absolute atomic E-state index is 0.236. The van der Waals surface area contributed by atoms with Gasteiger partial charge in [-0.05, 0) is 29.7 Å². The molecule has 0 fully saturated rings. The predicted octanol–water partition coefficient (Wildman–Crippen LogP) is 4.07. The highest BCUT2D eigenvalue weighted by atomic mass is 35.5. The van der Waals surface area contributed by atoms with E-state index in [9.17, 15) is 4.79 Å². The van der Waals surface area contributed by atoms with Gasteiger partial charge in [-0.15, -0.1) is 0 Å². The molecule has 3 nitrogen and oxygen atoms in total. The summed E-state index contributed by atoms with van der Waals surface area (Å²) >= 11 is 11.8. The lowest BCUT2D eigenvalue weighted by atomic mass is 10.1. The number of nitrogen functional groups attached to an aromatic ring is 1. The molecule has 0 radical (unpaired) electrons. The first kappa shape index (κ1) is 15.7. The van der Waals surface area contributed by atoms with Gasteiger partial charge in [0.25, 0.3) is 5.91 Å². The van der Waals surface area contributed by atoms with Crippen molar-refractivity contribution in [2.45, 2.75) is 19.9 Å². The number of nitrogens with one attached hydrogen (secondary N) is 1. The molecule has 110 valence electrons. The molecule has 0 spiro atoms. The Morgan fingerprint density at radius 3 is 2.33 bits per heavy atom. The maximum Gasteiger partial charge on any atom is 0.251 e. The molecule has 2 rings (SSSR count). The number of anilines is 1. The monoisotopic (exact) mass is 322 g/mol. The van der Waals surface area contributed by atoms with Crippen molar-refractivity contribution in [1.29, 1.82) is 0 Å². The van der Waals surface area contributed by atoms with E-state index >= 15 is 0 Å². The van der Waals surface area contributed by atoms with E-state index in [4.69, 9.17) is 28.9 Å². The second-order valence-corrected chi connectivity index (χ2v) is 5.50. The molecule has 1 amide bonds. The van der Waals surface area contributed by atoms with Crippen LogP contribution in [0, 0.1) is 0 Å². The Morgan fingerprint density at radius 2 is 1.76 bits per heavy atom. The lowest BCUT2D eigenvalue weighted by Crippen LogP contribution is -2.23. The average Bonchev–Trinajstić information content (AvgIpc) is 2.50. The molecule has 0 aliphatic carbocycles. The fourth-order valence-corrected chi connectivity index (χ4v) is 2.25. The zero-order valence-corrected chi connectivity index (χ0v) is 13.1. The first-order chi connectivity index (χ1) is 10.0. The van der Waals surface area contributed by atoms with Crippen LogP contribution in [0.5, 0.6) is 0 Å². The highest BCUT2D eigenvalue weighted by Crippen LogP contribution is 2.29. The van der Waals surface area contributed by atoms with Gasteiger partial charge in [0.15, 0.2) is 0 Å². The Bertz CT molecular complexity index is 631. The van der Waals surface area contributed by atoms with Gasteiger partial charge in [0, 0.05) is 12.1 Å². The van der Waals surface area contributed by atoms with Gasteiger partial charge < -0.3 is 11.1 Å². The maximum atomic E-state index is 12.1. The number of hydrogen-bond donors (Lipinski definition) is 2. The van der Waals surface area contributed by atoms with Crippen LogP contribution in [0.2, 0.25) is 10.0 Å². The van der Waals surface area contributed by atoms with Crippen LogP contribution in [0.3, 0.4) is 0 Å². The van der Waals surface area contributed by atoms with Crippen molar-refractivity contribution in [2.24, 2.45) is 0 Å². The molecule has 21 heavy (non-hydrogen) atoms. The number of amides is 1. The molecule has 0 saturated carbocycles. The van der Waals surface area contributed by atoms with Gasteiger partial charge in [0.05, 0.1) is 15.7 Å². The van der Waals surface area contributed by atoms with E-state index in [1.165, 1.54) is 17.7 Å². The highest BCUT2D eigenvalue weighted by Gasteiger charge is 2.11. The van der Waals surface area contributed by atoms with Gasteiger partial charge in [-0.2, -0.15) is 0 Å². The predicted molar refractivity (Wildman–Crippen MR) is 87.9 cm³/mol. The number of carbonyl (C=O) groups is 1. The molecule has 0 unspecified atom stereocenters. The van der Waals surface area contributed by atoms with Gasteiger partial charge in [0.1, 0.15) is 0 Å². The van der Waals surface area contributed by atoms with Crippen LogP contribution < -0.4 is 11.1 Å². The zero-order chi connectivity index (χ0) is 15.4. The van der Waals surface area contributed by atoms with Crippen LogP contribution in [0.1, 0.15) is 28.4 Å². The average molecular weight is 323 g/mol. The number of benzene rings is 2. The van der Waals surface area contributed by atoms with Crippen LogP contribution in [0.4, 0.5) is 5.69 Å². The number of halogens is 2. The molecular weight excluding hydrogens is 307 g/mol. The summed E-state index contributed by atoms with van der Waals surface area (Å²) in [4.78, 5) is 12.1. The quantitative estimate of drug-likeness (QED) is 0.834. The third-order valence-electron chi connectivity index (χ3n) is 3.20. The zero-order valence-electron chi connectivity index (χ0n) is 11.6. The molecule has 0 aromatic heterocycles. The number of hydrogen-bond acceptors (Lipinski definition) is 2. The summed E-state index contributed by atoms with van der Waals surface area (Å²) < 4.78 is 0. The normalized spacial score (nSPS) is 10.4. The Morgan fingerprint density at radius 1 is 1.14 bits per heavy atom. The van der Waals surface area contributed by atoms with E-state index in [0.717, 1.165) is 12.0 Å². The van der Waals surface area contributed by atoms with E-state index in [-0.39, 0.29) is 16.0 Å². The largest absolute Gasteiger partial charge is 0.397 e. The van der Waals surface area contributed by atoms with Crippen LogP contribution in [0.25, 0.3) is 0 Å². The Kier molecular flexibility index (Phi) is 5.10. The third kappa shape index (κ3) is 3.90. The summed E-state index contributed by atoms with van der Waals surface area (Å²) in [6.45, 7) is 2.55. The Balaban J connectivity index is 2.04. The van der Waals surface area contributed by atoms with Crippen molar-refractivity contribution < 1.29 is 4.79 Å². The SMILES string of the molecule is CCc1ccc(CNC(=O)c2cc(N)c(Cl)c(Cl)c2)cc1. The second kappa shape index (κ2) is 6.83. The standard InChI is InChI=1S/C16H16Cl2N2O/c1-2-10-3-5-11(6-4-10)9-20-16(21)12-7-13(17)15(18)14(19)8-12/h3-8H,2,9,19H2,1H3,(H,20,21). The van der Waals surface area contributed by atoms with E-state index in [1.807, 2.05) is 12.1 Å². The van der Waals surface area contributed by atoms with E-state index in [1.54, 1.807) is 0 Å². The second-order valence-electron chi connectivity index (χ2n) is 4.71. The van der Waals surface area contributed by atoms with Crippen LogP contribution in [-0.4, -0.2) is 5.91 Å². The lowest BCUT2D eigenvalue weighted by Gasteiger charge is -2.08. The summed E-state index contributed by atoms with van der Waals surface area (Å²) in [7, 11) is 0. The molecule has 2 aromatic carbocycles. The molecule has 3 N–H and O–H groups in total. The number of rotatable bonds is 4.